The van der Waals surface area contributed by atoms with Gasteiger partial charge in [0.15, 0.2) is 6.61 Å². The molecule has 0 bridgehead atoms. The zero-order chi connectivity index (χ0) is 27.0. The van der Waals surface area contributed by atoms with Crippen LogP contribution in [0.4, 0.5) is 0 Å². The highest BCUT2D eigenvalue weighted by Crippen LogP contribution is 2.29. The lowest BCUT2D eigenvalue weighted by atomic mass is 10.0. The zero-order valence-corrected chi connectivity index (χ0v) is 23.6. The maximum atomic E-state index is 13.4. The summed E-state index contributed by atoms with van der Waals surface area (Å²) in [6.45, 7) is 3.31. The SMILES string of the molecule is CCCCCCCCc1ccc(CN(Cc2ccc(OCC(=O)OC)cc2)C(=O)CCC2CCCC2)cc1. The number of methoxy groups -OCH3 is 1. The smallest absolute Gasteiger partial charge is 0.343 e. The van der Waals surface area contributed by atoms with Crippen molar-refractivity contribution < 1.29 is 19.1 Å². The minimum absolute atomic E-state index is 0.115. The number of nitrogens with zero attached hydrogens (tertiary/aromatic N) is 1. The van der Waals surface area contributed by atoms with Crippen LogP contribution in [0, 0.1) is 5.92 Å². The minimum atomic E-state index is -0.411. The number of hydrogen-bond donors (Lipinski definition) is 0. The van der Waals surface area contributed by atoms with Gasteiger partial charge >= 0.3 is 5.97 Å². The molecule has 0 aromatic heterocycles. The van der Waals surface area contributed by atoms with Gasteiger partial charge in [-0.05, 0) is 54.0 Å². The fourth-order valence-corrected chi connectivity index (χ4v) is 5.27. The third-order valence-corrected chi connectivity index (χ3v) is 7.69. The average molecular weight is 522 g/mol. The Balaban J connectivity index is 1.57. The van der Waals surface area contributed by atoms with E-state index in [1.165, 1.54) is 82.4 Å². The summed E-state index contributed by atoms with van der Waals surface area (Å²) in [5.74, 6) is 1.12. The van der Waals surface area contributed by atoms with E-state index >= 15 is 0 Å². The molecular formula is C33H47NO4. The van der Waals surface area contributed by atoms with Crippen molar-refractivity contribution >= 4 is 11.9 Å². The summed E-state index contributed by atoms with van der Waals surface area (Å²) < 4.78 is 10.1. The first-order valence-corrected chi connectivity index (χ1v) is 14.7. The molecule has 38 heavy (non-hydrogen) atoms. The van der Waals surface area contributed by atoms with Crippen molar-refractivity contribution in [1.29, 1.82) is 0 Å². The lowest BCUT2D eigenvalue weighted by Gasteiger charge is -2.24. The van der Waals surface area contributed by atoms with E-state index in [0.717, 1.165) is 18.4 Å². The first-order chi connectivity index (χ1) is 18.6. The van der Waals surface area contributed by atoms with Gasteiger partial charge < -0.3 is 14.4 Å². The van der Waals surface area contributed by atoms with Gasteiger partial charge in [-0.15, -0.1) is 0 Å². The Morgan fingerprint density at radius 3 is 2.03 bits per heavy atom. The van der Waals surface area contributed by atoms with E-state index in [9.17, 15) is 9.59 Å². The van der Waals surface area contributed by atoms with Gasteiger partial charge in [0.2, 0.25) is 5.91 Å². The minimum Gasteiger partial charge on any atom is -0.482 e. The van der Waals surface area contributed by atoms with Crippen LogP contribution in [0.15, 0.2) is 48.5 Å². The van der Waals surface area contributed by atoms with Crippen molar-refractivity contribution in [2.24, 2.45) is 5.92 Å². The van der Waals surface area contributed by atoms with E-state index < -0.39 is 5.97 Å². The molecule has 1 fully saturated rings. The normalized spacial score (nSPS) is 13.4. The number of esters is 1. The molecule has 1 aliphatic rings. The van der Waals surface area contributed by atoms with E-state index in [2.05, 4.69) is 35.9 Å². The fourth-order valence-electron chi connectivity index (χ4n) is 5.27. The van der Waals surface area contributed by atoms with E-state index in [4.69, 9.17) is 4.74 Å². The van der Waals surface area contributed by atoms with E-state index in [1.807, 2.05) is 29.2 Å². The Kier molecular flexibility index (Phi) is 13.2. The molecule has 0 atom stereocenters. The van der Waals surface area contributed by atoms with Crippen LogP contribution >= 0.6 is 0 Å². The molecule has 0 saturated heterocycles. The first kappa shape index (κ1) is 29.7. The molecule has 1 aliphatic carbocycles. The van der Waals surface area contributed by atoms with Crippen molar-refractivity contribution in [2.45, 2.75) is 103 Å². The van der Waals surface area contributed by atoms with E-state index in [0.29, 0.717) is 31.2 Å². The molecule has 1 saturated carbocycles. The van der Waals surface area contributed by atoms with E-state index in [1.54, 1.807) is 0 Å². The van der Waals surface area contributed by atoms with Gasteiger partial charge in [0.1, 0.15) is 5.75 Å². The van der Waals surface area contributed by atoms with Gasteiger partial charge in [0, 0.05) is 19.5 Å². The molecular weight excluding hydrogens is 474 g/mol. The lowest BCUT2D eigenvalue weighted by molar-refractivity contribution is -0.143. The highest BCUT2D eigenvalue weighted by atomic mass is 16.6. The van der Waals surface area contributed by atoms with Crippen LogP contribution in [0.1, 0.15) is 101 Å². The number of ether oxygens (including phenoxy) is 2. The highest BCUT2D eigenvalue weighted by Gasteiger charge is 2.20. The standard InChI is InChI=1S/C33H47NO4/c1-3-4-5-6-7-8-11-28-14-16-29(17-15-28)24-34(32(35)23-20-27-12-9-10-13-27)25-30-18-21-31(22-19-30)38-26-33(36)37-2/h14-19,21-22,27H,3-13,20,23-26H2,1-2H3. The van der Waals surface area contributed by atoms with Gasteiger partial charge in [0.25, 0.3) is 0 Å². The van der Waals surface area contributed by atoms with Crippen molar-refractivity contribution in [3.8, 4) is 5.75 Å². The largest absolute Gasteiger partial charge is 0.482 e. The summed E-state index contributed by atoms with van der Waals surface area (Å²) in [5.41, 5.74) is 3.60. The first-order valence-electron chi connectivity index (χ1n) is 14.7. The van der Waals surface area contributed by atoms with Crippen LogP contribution in [-0.4, -0.2) is 30.5 Å². The molecule has 208 valence electrons. The van der Waals surface area contributed by atoms with Crippen LogP contribution < -0.4 is 4.74 Å². The molecule has 2 aromatic carbocycles. The van der Waals surface area contributed by atoms with E-state index in [-0.39, 0.29) is 12.5 Å². The van der Waals surface area contributed by atoms with Crippen LogP contribution in [0.5, 0.6) is 5.75 Å². The summed E-state index contributed by atoms with van der Waals surface area (Å²) in [6, 6.07) is 16.5. The maximum Gasteiger partial charge on any atom is 0.343 e. The third kappa shape index (κ3) is 10.9. The monoisotopic (exact) mass is 521 g/mol. The number of hydrogen-bond acceptors (Lipinski definition) is 4. The number of aryl methyl sites for hydroxylation is 1. The molecule has 3 rings (SSSR count). The molecule has 5 heteroatoms. The van der Waals surface area contributed by atoms with Crippen molar-refractivity contribution in [3.63, 3.8) is 0 Å². The van der Waals surface area contributed by atoms with Crippen molar-refractivity contribution in [3.05, 3.63) is 65.2 Å². The predicted octanol–water partition coefficient (Wildman–Crippen LogP) is 7.64. The fraction of sp³-hybridized carbons (Fsp3) is 0.576. The van der Waals surface area contributed by atoms with Crippen LogP contribution in [0.3, 0.4) is 0 Å². The van der Waals surface area contributed by atoms with Crippen LogP contribution in [-0.2, 0) is 33.8 Å². The maximum absolute atomic E-state index is 13.4. The number of carbonyl (C=O) groups is 2. The van der Waals surface area contributed by atoms with Crippen molar-refractivity contribution in [1.82, 2.24) is 4.90 Å². The topological polar surface area (TPSA) is 55.8 Å². The van der Waals surface area contributed by atoms with Crippen molar-refractivity contribution in [2.75, 3.05) is 13.7 Å². The molecule has 5 nitrogen and oxygen atoms in total. The second-order valence-corrected chi connectivity index (χ2v) is 10.8. The summed E-state index contributed by atoms with van der Waals surface area (Å²) >= 11 is 0. The quantitative estimate of drug-likeness (QED) is 0.159. The van der Waals surface area contributed by atoms with Crippen LogP contribution in [0.2, 0.25) is 0 Å². The average Bonchev–Trinajstić information content (AvgIpc) is 3.47. The Hall–Kier alpha value is -2.82. The van der Waals surface area contributed by atoms with Gasteiger partial charge in [-0.3, -0.25) is 4.79 Å². The Bertz CT molecular complexity index is 948. The van der Waals surface area contributed by atoms with Gasteiger partial charge in [0.05, 0.1) is 7.11 Å². The molecule has 0 N–H and O–H groups in total. The number of amides is 1. The lowest BCUT2D eigenvalue weighted by Crippen LogP contribution is -2.30. The Labute approximate surface area is 229 Å². The molecule has 0 heterocycles. The second kappa shape index (κ2) is 16.9. The summed E-state index contributed by atoms with van der Waals surface area (Å²) in [4.78, 5) is 26.7. The second-order valence-electron chi connectivity index (χ2n) is 10.8. The molecule has 2 aromatic rings. The van der Waals surface area contributed by atoms with Gasteiger partial charge in [-0.25, -0.2) is 4.79 Å². The molecule has 1 amide bonds. The van der Waals surface area contributed by atoms with Crippen LogP contribution in [0.25, 0.3) is 0 Å². The summed E-state index contributed by atoms with van der Waals surface area (Å²) in [7, 11) is 1.34. The Morgan fingerprint density at radius 2 is 1.39 bits per heavy atom. The summed E-state index contributed by atoms with van der Waals surface area (Å²) in [6.07, 6.45) is 15.7. The van der Waals surface area contributed by atoms with Gasteiger partial charge in [-0.1, -0.05) is 101 Å². The predicted molar refractivity (Wildman–Crippen MR) is 153 cm³/mol. The number of benzene rings is 2. The molecule has 0 aliphatic heterocycles. The molecule has 0 unspecified atom stereocenters. The summed E-state index contributed by atoms with van der Waals surface area (Å²) in [5, 5.41) is 0. The third-order valence-electron chi connectivity index (χ3n) is 7.69. The number of carbonyl (C=O) groups excluding carboxylic acids is 2. The Morgan fingerprint density at radius 1 is 0.816 bits per heavy atom. The number of rotatable bonds is 17. The molecule has 0 radical (unpaired) electrons. The highest BCUT2D eigenvalue weighted by molar-refractivity contribution is 5.76. The zero-order valence-electron chi connectivity index (χ0n) is 23.6. The van der Waals surface area contributed by atoms with Gasteiger partial charge in [-0.2, -0.15) is 0 Å². The number of unbranched alkanes of at least 4 members (excludes halogenated alkanes) is 5. The molecule has 0 spiro atoms.